The van der Waals surface area contributed by atoms with Crippen molar-refractivity contribution in [3.63, 3.8) is 0 Å². The number of pyridine rings is 1. The largest absolute Gasteiger partial charge is 0.487 e. The second-order valence-corrected chi connectivity index (χ2v) is 4.48. The molecule has 3 nitrogen and oxygen atoms in total. The minimum Gasteiger partial charge on any atom is -0.487 e. The maximum atomic E-state index is 5.75. The highest BCUT2D eigenvalue weighted by Gasteiger charge is 1.99. The average molecular weight is 256 g/mol. The highest BCUT2D eigenvalue weighted by Crippen LogP contribution is 2.13. The maximum absolute atomic E-state index is 5.75. The van der Waals surface area contributed by atoms with Crippen LogP contribution in [0, 0.1) is 0 Å². The average Bonchev–Trinajstić information content (AvgIpc) is 2.47. The Morgan fingerprint density at radius 2 is 1.95 bits per heavy atom. The van der Waals surface area contributed by atoms with Crippen molar-refractivity contribution in [3.05, 3.63) is 59.9 Å². The van der Waals surface area contributed by atoms with Crippen LogP contribution in [0.25, 0.3) is 0 Å². The van der Waals surface area contributed by atoms with Gasteiger partial charge in [0.15, 0.2) is 0 Å². The molecule has 0 aliphatic carbocycles. The van der Waals surface area contributed by atoms with Crippen LogP contribution in [0.5, 0.6) is 5.75 Å². The number of aromatic nitrogens is 1. The van der Waals surface area contributed by atoms with Crippen molar-refractivity contribution in [2.24, 2.45) is 0 Å². The van der Waals surface area contributed by atoms with Gasteiger partial charge in [-0.25, -0.2) is 0 Å². The zero-order chi connectivity index (χ0) is 13.3. The first-order valence-electron chi connectivity index (χ1n) is 6.70. The van der Waals surface area contributed by atoms with Gasteiger partial charge in [-0.3, -0.25) is 4.98 Å². The Bertz CT molecular complexity index is 485. The summed E-state index contributed by atoms with van der Waals surface area (Å²) in [5.74, 6) is 0.819. The summed E-state index contributed by atoms with van der Waals surface area (Å²) in [4.78, 5) is 4.21. The standard InChI is InChI=1S/C16H20N2O/c1-2-8-17-10-15-9-16(12-18-11-15)19-13-14-6-4-3-5-7-14/h3-7,9,11-12,17H,2,8,10,13H2,1H3. The molecular formula is C16H20N2O. The predicted molar refractivity (Wildman–Crippen MR) is 77.0 cm³/mol. The van der Waals surface area contributed by atoms with E-state index in [1.54, 1.807) is 6.20 Å². The van der Waals surface area contributed by atoms with Gasteiger partial charge in [-0.15, -0.1) is 0 Å². The lowest BCUT2D eigenvalue weighted by atomic mass is 10.2. The number of ether oxygens (including phenoxy) is 1. The van der Waals surface area contributed by atoms with Crippen molar-refractivity contribution in [1.29, 1.82) is 0 Å². The minimum atomic E-state index is 0.578. The van der Waals surface area contributed by atoms with Crippen LogP contribution in [0.2, 0.25) is 0 Å². The molecule has 19 heavy (non-hydrogen) atoms. The second-order valence-electron chi connectivity index (χ2n) is 4.48. The molecule has 0 saturated carbocycles. The van der Waals surface area contributed by atoms with E-state index in [4.69, 9.17) is 4.74 Å². The Kier molecular flexibility index (Phi) is 5.38. The Labute approximate surface area is 114 Å². The van der Waals surface area contributed by atoms with Crippen LogP contribution in [0.3, 0.4) is 0 Å². The van der Waals surface area contributed by atoms with Gasteiger partial charge in [-0.05, 0) is 30.2 Å². The smallest absolute Gasteiger partial charge is 0.138 e. The Morgan fingerprint density at radius 3 is 2.74 bits per heavy atom. The van der Waals surface area contributed by atoms with Gasteiger partial charge >= 0.3 is 0 Å². The SMILES string of the molecule is CCCNCc1cncc(OCc2ccccc2)c1. The minimum absolute atomic E-state index is 0.578. The van der Waals surface area contributed by atoms with E-state index in [2.05, 4.69) is 29.4 Å². The normalized spacial score (nSPS) is 10.4. The molecular weight excluding hydrogens is 236 g/mol. The number of benzene rings is 1. The van der Waals surface area contributed by atoms with Gasteiger partial charge in [0.25, 0.3) is 0 Å². The van der Waals surface area contributed by atoms with Crippen molar-refractivity contribution in [2.45, 2.75) is 26.5 Å². The summed E-state index contributed by atoms with van der Waals surface area (Å²) in [6.07, 6.45) is 4.77. The van der Waals surface area contributed by atoms with Crippen LogP contribution >= 0.6 is 0 Å². The van der Waals surface area contributed by atoms with E-state index < -0.39 is 0 Å². The fourth-order valence-corrected chi connectivity index (χ4v) is 1.79. The maximum Gasteiger partial charge on any atom is 0.138 e. The van der Waals surface area contributed by atoms with Gasteiger partial charge in [0.05, 0.1) is 6.20 Å². The number of hydrogen-bond donors (Lipinski definition) is 1. The summed E-state index contributed by atoms with van der Waals surface area (Å²) in [7, 11) is 0. The molecule has 0 saturated heterocycles. The molecule has 1 heterocycles. The zero-order valence-corrected chi connectivity index (χ0v) is 11.3. The van der Waals surface area contributed by atoms with Crippen LogP contribution < -0.4 is 10.1 Å². The molecule has 2 rings (SSSR count). The summed E-state index contributed by atoms with van der Waals surface area (Å²) in [6.45, 7) is 4.59. The molecule has 0 bridgehead atoms. The van der Waals surface area contributed by atoms with Gasteiger partial charge in [0.2, 0.25) is 0 Å². The van der Waals surface area contributed by atoms with Gasteiger partial charge in [0, 0.05) is 12.7 Å². The molecule has 1 aromatic carbocycles. The van der Waals surface area contributed by atoms with E-state index in [1.807, 2.05) is 30.5 Å². The van der Waals surface area contributed by atoms with Crippen LogP contribution in [0.4, 0.5) is 0 Å². The van der Waals surface area contributed by atoms with Crippen molar-refractivity contribution in [2.75, 3.05) is 6.54 Å². The topological polar surface area (TPSA) is 34.2 Å². The molecule has 1 aromatic heterocycles. The summed E-state index contributed by atoms with van der Waals surface area (Å²) < 4.78 is 5.75. The third kappa shape index (κ3) is 4.72. The van der Waals surface area contributed by atoms with E-state index in [1.165, 1.54) is 0 Å². The molecule has 0 radical (unpaired) electrons. The van der Waals surface area contributed by atoms with Gasteiger partial charge < -0.3 is 10.1 Å². The summed E-state index contributed by atoms with van der Waals surface area (Å²) in [5, 5.41) is 3.36. The van der Waals surface area contributed by atoms with E-state index in [-0.39, 0.29) is 0 Å². The van der Waals surface area contributed by atoms with Crippen molar-refractivity contribution in [3.8, 4) is 5.75 Å². The van der Waals surface area contributed by atoms with Crippen LogP contribution in [-0.4, -0.2) is 11.5 Å². The molecule has 3 heteroatoms. The van der Waals surface area contributed by atoms with Crippen molar-refractivity contribution >= 4 is 0 Å². The second kappa shape index (κ2) is 7.54. The summed E-state index contributed by atoms with van der Waals surface area (Å²) in [5.41, 5.74) is 2.32. The summed E-state index contributed by atoms with van der Waals surface area (Å²) in [6, 6.07) is 12.2. The van der Waals surface area contributed by atoms with Crippen molar-refractivity contribution < 1.29 is 4.74 Å². The van der Waals surface area contributed by atoms with Crippen LogP contribution in [0.15, 0.2) is 48.8 Å². The van der Waals surface area contributed by atoms with Gasteiger partial charge in [-0.1, -0.05) is 37.3 Å². The number of nitrogens with zero attached hydrogens (tertiary/aromatic N) is 1. The third-order valence-corrected chi connectivity index (χ3v) is 2.77. The first-order valence-corrected chi connectivity index (χ1v) is 6.70. The Hall–Kier alpha value is -1.87. The lowest BCUT2D eigenvalue weighted by Gasteiger charge is -2.08. The number of hydrogen-bond acceptors (Lipinski definition) is 3. The first-order chi connectivity index (χ1) is 9.38. The first kappa shape index (κ1) is 13.6. The predicted octanol–water partition coefficient (Wildman–Crippen LogP) is 3.16. The molecule has 0 aliphatic heterocycles. The number of rotatable bonds is 7. The monoisotopic (exact) mass is 256 g/mol. The fraction of sp³-hybridized carbons (Fsp3) is 0.312. The molecule has 2 aromatic rings. The van der Waals surface area contributed by atoms with Gasteiger partial charge in [-0.2, -0.15) is 0 Å². The van der Waals surface area contributed by atoms with E-state index in [0.717, 1.165) is 36.4 Å². The van der Waals surface area contributed by atoms with E-state index >= 15 is 0 Å². The molecule has 0 aliphatic rings. The molecule has 1 N–H and O–H groups in total. The van der Waals surface area contributed by atoms with E-state index in [9.17, 15) is 0 Å². The Balaban J connectivity index is 1.88. The van der Waals surface area contributed by atoms with Gasteiger partial charge in [0.1, 0.15) is 12.4 Å². The van der Waals surface area contributed by atoms with Crippen molar-refractivity contribution in [1.82, 2.24) is 10.3 Å². The van der Waals surface area contributed by atoms with Crippen LogP contribution in [0.1, 0.15) is 24.5 Å². The molecule has 0 atom stereocenters. The molecule has 0 unspecified atom stereocenters. The zero-order valence-electron chi connectivity index (χ0n) is 11.3. The van der Waals surface area contributed by atoms with E-state index in [0.29, 0.717) is 6.61 Å². The fourth-order valence-electron chi connectivity index (χ4n) is 1.79. The Morgan fingerprint density at radius 1 is 1.11 bits per heavy atom. The number of nitrogens with one attached hydrogen (secondary N) is 1. The van der Waals surface area contributed by atoms with Crippen LogP contribution in [-0.2, 0) is 13.2 Å². The lowest BCUT2D eigenvalue weighted by molar-refractivity contribution is 0.304. The third-order valence-electron chi connectivity index (χ3n) is 2.77. The lowest BCUT2D eigenvalue weighted by Crippen LogP contribution is -2.13. The highest BCUT2D eigenvalue weighted by molar-refractivity contribution is 5.24. The molecule has 0 spiro atoms. The molecule has 0 fully saturated rings. The summed E-state index contributed by atoms with van der Waals surface area (Å²) >= 11 is 0. The quantitative estimate of drug-likeness (QED) is 0.773. The molecule has 100 valence electrons. The highest BCUT2D eigenvalue weighted by atomic mass is 16.5. The molecule has 0 amide bonds.